The average molecular weight is 355 g/mol. The Labute approximate surface area is 153 Å². The van der Waals surface area contributed by atoms with Crippen molar-refractivity contribution in [1.29, 1.82) is 0 Å². The van der Waals surface area contributed by atoms with E-state index >= 15 is 0 Å². The largest absolute Gasteiger partial charge is 0.355 e. The normalized spacial score (nSPS) is 19.3. The third-order valence-electron chi connectivity index (χ3n) is 4.29. The molecule has 1 fully saturated rings. The van der Waals surface area contributed by atoms with Crippen LogP contribution in [0.15, 0.2) is 53.5 Å². The second-order valence-corrected chi connectivity index (χ2v) is 6.58. The van der Waals surface area contributed by atoms with Gasteiger partial charge in [-0.15, -0.1) is 0 Å². The smallest absolute Gasteiger partial charge is 0.263 e. The van der Waals surface area contributed by atoms with Crippen molar-refractivity contribution in [3.05, 3.63) is 70.2 Å². The Morgan fingerprint density at radius 3 is 2.62 bits per heavy atom. The van der Waals surface area contributed by atoms with Crippen molar-refractivity contribution < 1.29 is 9.59 Å². The summed E-state index contributed by atoms with van der Waals surface area (Å²) in [7, 11) is 1.45. The third-order valence-corrected chi connectivity index (χ3v) is 4.29. The highest BCUT2D eigenvalue weighted by atomic mass is 16.2. The summed E-state index contributed by atoms with van der Waals surface area (Å²) in [6, 6.07) is 1.52. The first kappa shape index (κ1) is 19.4. The van der Waals surface area contributed by atoms with Crippen molar-refractivity contribution in [3.63, 3.8) is 0 Å². The van der Waals surface area contributed by atoms with Crippen molar-refractivity contribution in [1.82, 2.24) is 15.2 Å². The monoisotopic (exact) mass is 355 g/mol. The summed E-state index contributed by atoms with van der Waals surface area (Å²) in [6.45, 7) is 7.82. The van der Waals surface area contributed by atoms with Crippen LogP contribution in [-0.2, 0) is 6.54 Å². The second kappa shape index (κ2) is 8.47. The highest BCUT2D eigenvalue weighted by Crippen LogP contribution is 2.29. The first-order valence-corrected chi connectivity index (χ1v) is 8.59. The summed E-state index contributed by atoms with van der Waals surface area (Å²) in [5.74, 6) is -0.317. The lowest BCUT2D eigenvalue weighted by Gasteiger charge is -2.12. The van der Waals surface area contributed by atoms with Gasteiger partial charge in [-0.05, 0) is 25.3 Å². The first-order chi connectivity index (χ1) is 12.4. The van der Waals surface area contributed by atoms with E-state index in [0.29, 0.717) is 11.5 Å². The number of allylic oxidation sites excluding steroid dienone is 5. The van der Waals surface area contributed by atoms with Crippen LogP contribution in [0.4, 0.5) is 0 Å². The van der Waals surface area contributed by atoms with E-state index in [2.05, 4.69) is 24.1 Å². The minimum absolute atomic E-state index is 0.0431. The summed E-state index contributed by atoms with van der Waals surface area (Å²) < 4.78 is 1.39. The summed E-state index contributed by atoms with van der Waals surface area (Å²) in [6.07, 6.45) is 9.56. The number of hydrogen-bond acceptors (Lipinski definition) is 3. The van der Waals surface area contributed by atoms with Crippen molar-refractivity contribution in [2.75, 3.05) is 7.05 Å². The number of carbonyl (C=O) groups is 2. The number of hydrogen-bond donors (Lipinski definition) is 2. The summed E-state index contributed by atoms with van der Waals surface area (Å²) in [4.78, 5) is 37.1. The van der Waals surface area contributed by atoms with Gasteiger partial charge in [-0.2, -0.15) is 0 Å². The Morgan fingerprint density at radius 2 is 2.04 bits per heavy atom. The number of aromatic nitrogens is 1. The highest BCUT2D eigenvalue weighted by molar-refractivity contribution is 5.99. The van der Waals surface area contributed by atoms with Crippen LogP contribution in [0.2, 0.25) is 0 Å². The fourth-order valence-corrected chi connectivity index (χ4v) is 2.57. The maximum atomic E-state index is 12.6. The van der Waals surface area contributed by atoms with Gasteiger partial charge in [0.25, 0.3) is 17.4 Å². The van der Waals surface area contributed by atoms with Gasteiger partial charge in [-0.3, -0.25) is 14.4 Å². The summed E-state index contributed by atoms with van der Waals surface area (Å²) in [5.41, 5.74) is 0.734. The summed E-state index contributed by atoms with van der Waals surface area (Å²) in [5, 5.41) is 5.37. The topological polar surface area (TPSA) is 80.2 Å². The van der Waals surface area contributed by atoms with Gasteiger partial charge >= 0.3 is 0 Å². The number of rotatable bonds is 7. The van der Waals surface area contributed by atoms with E-state index in [1.807, 2.05) is 19.1 Å². The molecule has 0 radical (unpaired) electrons. The van der Waals surface area contributed by atoms with E-state index in [-0.39, 0.29) is 24.1 Å². The molecule has 1 aliphatic carbocycles. The number of nitrogens with zero attached hydrogens (tertiary/aromatic N) is 1. The molecule has 1 aliphatic rings. The van der Waals surface area contributed by atoms with Gasteiger partial charge in [0.15, 0.2) is 0 Å². The molecule has 0 spiro atoms. The van der Waals surface area contributed by atoms with Crippen molar-refractivity contribution in [2.45, 2.75) is 32.9 Å². The van der Waals surface area contributed by atoms with Crippen molar-refractivity contribution in [2.24, 2.45) is 5.92 Å². The molecule has 2 atom stereocenters. The maximum absolute atomic E-state index is 12.6. The Morgan fingerprint density at radius 1 is 1.35 bits per heavy atom. The lowest BCUT2D eigenvalue weighted by Crippen LogP contribution is -2.34. The zero-order valence-corrected chi connectivity index (χ0v) is 15.4. The van der Waals surface area contributed by atoms with E-state index < -0.39 is 11.5 Å². The van der Waals surface area contributed by atoms with Crippen molar-refractivity contribution >= 4 is 11.8 Å². The molecule has 2 N–H and O–H groups in total. The first-order valence-electron chi connectivity index (χ1n) is 8.59. The molecule has 0 aromatic carbocycles. The number of carbonyl (C=O) groups excluding carboxylic acids is 2. The van der Waals surface area contributed by atoms with Crippen molar-refractivity contribution in [3.8, 4) is 0 Å². The molecule has 0 bridgehead atoms. The molecule has 1 aromatic heterocycles. The zero-order chi connectivity index (χ0) is 19.3. The number of nitrogens with one attached hydrogen (secondary N) is 2. The fourth-order valence-electron chi connectivity index (χ4n) is 2.57. The van der Waals surface area contributed by atoms with Crippen LogP contribution in [0.25, 0.3) is 0 Å². The molecule has 2 amide bonds. The lowest BCUT2D eigenvalue weighted by atomic mass is 10.1. The Kier molecular flexibility index (Phi) is 6.33. The molecule has 1 saturated carbocycles. The van der Waals surface area contributed by atoms with E-state index in [1.54, 1.807) is 12.2 Å². The third kappa shape index (κ3) is 4.81. The molecule has 26 heavy (non-hydrogen) atoms. The lowest BCUT2D eigenvalue weighted by molar-refractivity contribution is 0.0948. The second-order valence-electron chi connectivity index (χ2n) is 6.58. The van der Waals surface area contributed by atoms with Gasteiger partial charge in [0, 0.05) is 25.8 Å². The Bertz CT molecular complexity index is 833. The molecule has 6 nitrogen and oxygen atoms in total. The number of amides is 2. The number of pyridine rings is 1. The van der Waals surface area contributed by atoms with Gasteiger partial charge in [0.05, 0.1) is 5.56 Å². The van der Waals surface area contributed by atoms with E-state index in [4.69, 9.17) is 0 Å². The standard InChI is InChI=1S/C20H25N3O3/c1-5-6-7-8-13(2)11-23-12-15(18(24)22-17-9-14(17)3)10-16(20(23)26)19(25)21-4/h5-8,10,12,14,17H,1,9,11H2,2-4H3,(H,21,25)(H,22,24)/b7-6-,13-8+/t14-,17-/m1/s1. The van der Waals surface area contributed by atoms with Gasteiger partial charge in [-0.1, -0.05) is 43.4 Å². The molecular weight excluding hydrogens is 330 g/mol. The molecule has 2 rings (SSSR count). The van der Waals surface area contributed by atoms with E-state index in [9.17, 15) is 14.4 Å². The molecule has 138 valence electrons. The van der Waals surface area contributed by atoms with Crippen LogP contribution in [0.1, 0.15) is 41.0 Å². The SMILES string of the molecule is C=C/C=C\C=C(/C)Cn1cc(C(=O)N[C@@H]2C[C@H]2C)cc(C(=O)NC)c1=O. The Balaban J connectivity index is 2.37. The van der Waals surface area contributed by atoms with Crippen LogP contribution < -0.4 is 16.2 Å². The van der Waals surface area contributed by atoms with Crippen LogP contribution in [0.3, 0.4) is 0 Å². The molecule has 6 heteroatoms. The quantitative estimate of drug-likeness (QED) is 0.735. The molecule has 1 aromatic rings. The van der Waals surface area contributed by atoms with Gasteiger partial charge < -0.3 is 15.2 Å². The van der Waals surface area contributed by atoms with Gasteiger partial charge in [0.1, 0.15) is 5.56 Å². The van der Waals surface area contributed by atoms with Crippen LogP contribution >= 0.6 is 0 Å². The predicted molar refractivity (Wildman–Crippen MR) is 102 cm³/mol. The van der Waals surface area contributed by atoms with Crippen LogP contribution in [0.5, 0.6) is 0 Å². The molecular formula is C20H25N3O3. The van der Waals surface area contributed by atoms with Gasteiger partial charge in [0.2, 0.25) is 0 Å². The molecule has 0 saturated heterocycles. The predicted octanol–water partition coefficient (Wildman–Crippen LogP) is 2.03. The minimum Gasteiger partial charge on any atom is -0.355 e. The summed E-state index contributed by atoms with van der Waals surface area (Å²) >= 11 is 0. The highest BCUT2D eigenvalue weighted by Gasteiger charge is 2.34. The maximum Gasteiger partial charge on any atom is 0.263 e. The van der Waals surface area contributed by atoms with Gasteiger partial charge in [-0.25, -0.2) is 0 Å². The molecule has 0 unspecified atom stereocenters. The molecule has 1 heterocycles. The fraction of sp³-hybridized carbons (Fsp3) is 0.350. The average Bonchev–Trinajstić information content (AvgIpc) is 3.30. The molecule has 0 aliphatic heterocycles. The Hall–Kier alpha value is -2.89. The van der Waals surface area contributed by atoms with Crippen LogP contribution in [-0.4, -0.2) is 29.5 Å². The van der Waals surface area contributed by atoms with E-state index in [0.717, 1.165) is 12.0 Å². The minimum atomic E-state index is -0.508. The zero-order valence-electron chi connectivity index (χ0n) is 15.4. The van der Waals surface area contributed by atoms with E-state index in [1.165, 1.54) is 23.9 Å². The van der Waals surface area contributed by atoms with Crippen LogP contribution in [0, 0.1) is 5.92 Å².